The van der Waals surface area contributed by atoms with Crippen molar-refractivity contribution in [2.45, 2.75) is 6.92 Å². The number of H-pyrrole nitrogens is 1. The van der Waals surface area contributed by atoms with Gasteiger partial charge in [0.1, 0.15) is 17.3 Å². The van der Waals surface area contributed by atoms with E-state index in [1.807, 2.05) is 31.2 Å². The number of hydrogen-bond donors (Lipinski definition) is 2. The SMILES string of the molecule is COc1cc(NC(=O)COC(=O)c2ccc3nc(-c4ccc(C)cc4)[nH]c3c2)cc(OC)c1. The molecule has 0 atom stereocenters. The van der Waals surface area contributed by atoms with E-state index < -0.39 is 18.5 Å². The van der Waals surface area contributed by atoms with Gasteiger partial charge in [-0.15, -0.1) is 0 Å². The standard InChI is InChI=1S/C25H23N3O5/c1-15-4-6-16(7-5-15)24-27-21-9-8-17(10-22(21)28-24)25(30)33-14-23(29)26-18-11-19(31-2)13-20(12-18)32-3/h4-13H,14H2,1-3H3,(H,26,29)(H,27,28). The summed E-state index contributed by atoms with van der Waals surface area (Å²) in [6, 6.07) is 18.0. The summed E-state index contributed by atoms with van der Waals surface area (Å²) >= 11 is 0. The fourth-order valence-electron chi connectivity index (χ4n) is 3.28. The fraction of sp³-hybridized carbons (Fsp3) is 0.160. The molecule has 8 nitrogen and oxygen atoms in total. The molecule has 1 heterocycles. The monoisotopic (exact) mass is 445 g/mol. The van der Waals surface area contributed by atoms with Crippen LogP contribution in [0.1, 0.15) is 15.9 Å². The molecule has 33 heavy (non-hydrogen) atoms. The first kappa shape index (κ1) is 21.9. The van der Waals surface area contributed by atoms with Crippen LogP contribution in [0.4, 0.5) is 5.69 Å². The second kappa shape index (κ2) is 9.44. The highest BCUT2D eigenvalue weighted by molar-refractivity contribution is 5.97. The Morgan fingerprint density at radius 1 is 0.939 bits per heavy atom. The van der Waals surface area contributed by atoms with E-state index in [2.05, 4.69) is 15.3 Å². The second-order valence-corrected chi connectivity index (χ2v) is 7.41. The molecule has 0 spiro atoms. The molecule has 4 rings (SSSR count). The van der Waals surface area contributed by atoms with Crippen LogP contribution in [0.25, 0.3) is 22.4 Å². The number of rotatable bonds is 7. The third-order valence-corrected chi connectivity index (χ3v) is 5.01. The molecule has 0 bridgehead atoms. The summed E-state index contributed by atoms with van der Waals surface area (Å²) in [7, 11) is 3.03. The highest BCUT2D eigenvalue weighted by Gasteiger charge is 2.14. The number of anilines is 1. The summed E-state index contributed by atoms with van der Waals surface area (Å²) in [5, 5.41) is 2.66. The Morgan fingerprint density at radius 2 is 1.64 bits per heavy atom. The number of amides is 1. The maximum Gasteiger partial charge on any atom is 0.338 e. The zero-order chi connectivity index (χ0) is 23.4. The Balaban J connectivity index is 1.41. The van der Waals surface area contributed by atoms with E-state index in [-0.39, 0.29) is 0 Å². The van der Waals surface area contributed by atoms with E-state index in [1.165, 1.54) is 14.2 Å². The summed E-state index contributed by atoms with van der Waals surface area (Å²) in [5.74, 6) is 0.673. The molecular formula is C25H23N3O5. The molecule has 0 radical (unpaired) electrons. The number of carbonyl (C=O) groups excluding carboxylic acids is 2. The molecule has 0 aliphatic carbocycles. The number of aromatic amines is 1. The first-order valence-corrected chi connectivity index (χ1v) is 10.2. The number of aryl methyl sites for hydroxylation is 1. The number of hydrogen-bond acceptors (Lipinski definition) is 6. The maximum atomic E-state index is 12.5. The molecule has 0 aliphatic rings. The van der Waals surface area contributed by atoms with Crippen LogP contribution in [0.3, 0.4) is 0 Å². The minimum Gasteiger partial charge on any atom is -0.497 e. The minimum absolute atomic E-state index is 0.317. The number of carbonyl (C=O) groups is 2. The number of esters is 1. The maximum absolute atomic E-state index is 12.5. The van der Waals surface area contributed by atoms with Gasteiger partial charge in [-0.2, -0.15) is 0 Å². The second-order valence-electron chi connectivity index (χ2n) is 7.41. The van der Waals surface area contributed by atoms with Crippen molar-refractivity contribution in [2.75, 3.05) is 26.1 Å². The van der Waals surface area contributed by atoms with Crippen LogP contribution in [0, 0.1) is 6.92 Å². The third kappa shape index (κ3) is 5.12. The first-order valence-electron chi connectivity index (χ1n) is 10.2. The number of benzene rings is 3. The molecule has 4 aromatic rings. The first-order chi connectivity index (χ1) is 15.9. The molecule has 1 amide bonds. The van der Waals surface area contributed by atoms with Gasteiger partial charge in [0, 0.05) is 29.4 Å². The van der Waals surface area contributed by atoms with Crippen LogP contribution < -0.4 is 14.8 Å². The molecule has 0 saturated carbocycles. The van der Waals surface area contributed by atoms with Crippen LogP contribution in [-0.4, -0.2) is 42.7 Å². The van der Waals surface area contributed by atoms with Gasteiger partial charge in [0.25, 0.3) is 5.91 Å². The number of nitrogens with one attached hydrogen (secondary N) is 2. The van der Waals surface area contributed by atoms with Crippen LogP contribution in [0.5, 0.6) is 11.5 Å². The fourth-order valence-corrected chi connectivity index (χ4v) is 3.28. The Kier molecular flexibility index (Phi) is 6.26. The van der Waals surface area contributed by atoms with Crippen molar-refractivity contribution in [3.63, 3.8) is 0 Å². The van der Waals surface area contributed by atoms with E-state index in [1.54, 1.807) is 36.4 Å². The predicted molar refractivity (Wildman–Crippen MR) is 125 cm³/mol. The van der Waals surface area contributed by atoms with Gasteiger partial charge in [-0.05, 0) is 25.1 Å². The Bertz CT molecular complexity index is 1290. The van der Waals surface area contributed by atoms with Crippen molar-refractivity contribution in [3.8, 4) is 22.9 Å². The van der Waals surface area contributed by atoms with Crippen molar-refractivity contribution in [2.24, 2.45) is 0 Å². The van der Waals surface area contributed by atoms with E-state index in [0.29, 0.717) is 34.1 Å². The van der Waals surface area contributed by atoms with Crippen LogP contribution in [0.2, 0.25) is 0 Å². The summed E-state index contributed by atoms with van der Waals surface area (Å²) in [6.07, 6.45) is 0. The topological polar surface area (TPSA) is 103 Å². The van der Waals surface area contributed by atoms with Crippen molar-refractivity contribution in [1.82, 2.24) is 9.97 Å². The van der Waals surface area contributed by atoms with Crippen molar-refractivity contribution < 1.29 is 23.8 Å². The van der Waals surface area contributed by atoms with E-state index in [0.717, 1.165) is 16.6 Å². The zero-order valence-electron chi connectivity index (χ0n) is 18.5. The lowest BCUT2D eigenvalue weighted by Crippen LogP contribution is -2.21. The molecule has 8 heteroatoms. The molecule has 0 unspecified atom stereocenters. The van der Waals surface area contributed by atoms with E-state index in [4.69, 9.17) is 14.2 Å². The van der Waals surface area contributed by atoms with Gasteiger partial charge in [0.2, 0.25) is 0 Å². The number of ether oxygens (including phenoxy) is 3. The zero-order valence-corrected chi connectivity index (χ0v) is 18.5. The number of nitrogens with zero attached hydrogens (tertiary/aromatic N) is 1. The molecule has 1 aromatic heterocycles. The van der Waals surface area contributed by atoms with Crippen molar-refractivity contribution in [1.29, 1.82) is 0 Å². The normalized spacial score (nSPS) is 10.6. The van der Waals surface area contributed by atoms with E-state index >= 15 is 0 Å². The van der Waals surface area contributed by atoms with Gasteiger partial charge in [-0.1, -0.05) is 29.8 Å². The van der Waals surface area contributed by atoms with Crippen LogP contribution in [-0.2, 0) is 9.53 Å². The quantitative estimate of drug-likeness (QED) is 0.410. The molecule has 0 fully saturated rings. The number of imidazole rings is 1. The van der Waals surface area contributed by atoms with Gasteiger partial charge < -0.3 is 24.5 Å². The van der Waals surface area contributed by atoms with Gasteiger partial charge in [0.15, 0.2) is 6.61 Å². The van der Waals surface area contributed by atoms with Crippen molar-refractivity contribution in [3.05, 3.63) is 71.8 Å². The molecule has 3 aromatic carbocycles. The van der Waals surface area contributed by atoms with Crippen molar-refractivity contribution >= 4 is 28.6 Å². The highest BCUT2D eigenvalue weighted by Crippen LogP contribution is 2.26. The average Bonchev–Trinajstić information content (AvgIpc) is 3.26. The van der Waals surface area contributed by atoms with E-state index in [9.17, 15) is 9.59 Å². The third-order valence-electron chi connectivity index (χ3n) is 5.01. The summed E-state index contributed by atoms with van der Waals surface area (Å²) in [4.78, 5) is 32.5. The summed E-state index contributed by atoms with van der Waals surface area (Å²) in [6.45, 7) is 1.59. The van der Waals surface area contributed by atoms with Gasteiger partial charge in [-0.3, -0.25) is 4.79 Å². The predicted octanol–water partition coefficient (Wildman–Crippen LogP) is 4.35. The number of fused-ring (bicyclic) bond motifs is 1. The number of aromatic nitrogens is 2. The average molecular weight is 445 g/mol. The molecule has 2 N–H and O–H groups in total. The lowest BCUT2D eigenvalue weighted by atomic mass is 10.1. The molecular weight excluding hydrogens is 422 g/mol. The largest absolute Gasteiger partial charge is 0.497 e. The molecule has 0 saturated heterocycles. The Hall–Kier alpha value is -4.33. The van der Waals surface area contributed by atoms with Crippen LogP contribution >= 0.6 is 0 Å². The van der Waals surface area contributed by atoms with Gasteiger partial charge in [0.05, 0.1) is 30.8 Å². The number of methoxy groups -OCH3 is 2. The molecule has 0 aliphatic heterocycles. The van der Waals surface area contributed by atoms with Crippen LogP contribution in [0.15, 0.2) is 60.7 Å². The Labute approximate surface area is 190 Å². The highest BCUT2D eigenvalue weighted by atomic mass is 16.5. The minimum atomic E-state index is -0.609. The lowest BCUT2D eigenvalue weighted by molar-refractivity contribution is -0.119. The smallest absolute Gasteiger partial charge is 0.338 e. The lowest BCUT2D eigenvalue weighted by Gasteiger charge is -2.10. The van der Waals surface area contributed by atoms with Gasteiger partial charge in [-0.25, -0.2) is 9.78 Å². The summed E-state index contributed by atoms with van der Waals surface area (Å²) in [5.41, 5.74) is 4.33. The Morgan fingerprint density at radius 3 is 2.30 bits per heavy atom. The summed E-state index contributed by atoms with van der Waals surface area (Å²) < 4.78 is 15.5. The molecule has 168 valence electrons. The van der Waals surface area contributed by atoms with Gasteiger partial charge >= 0.3 is 5.97 Å².